The highest BCUT2D eigenvalue weighted by atomic mass is 32.1. The van der Waals surface area contributed by atoms with Gasteiger partial charge in [-0.25, -0.2) is 9.78 Å². The molecule has 1 aromatic carbocycles. The summed E-state index contributed by atoms with van der Waals surface area (Å²) < 4.78 is 4.45. The normalized spacial score (nSPS) is 21.2. The Balaban J connectivity index is 1.22. The number of urea groups is 1. The number of anilines is 2. The summed E-state index contributed by atoms with van der Waals surface area (Å²) in [6, 6.07) is 9.29. The molecule has 7 nitrogen and oxygen atoms in total. The highest BCUT2D eigenvalue weighted by Crippen LogP contribution is 2.47. The van der Waals surface area contributed by atoms with Crippen molar-refractivity contribution in [3.05, 3.63) is 35.7 Å². The number of aromatic nitrogens is 2. The molecule has 0 atom stereocenters. The van der Waals surface area contributed by atoms with E-state index >= 15 is 0 Å². The van der Waals surface area contributed by atoms with Crippen LogP contribution in [-0.4, -0.2) is 78.0 Å². The van der Waals surface area contributed by atoms with Gasteiger partial charge in [0.2, 0.25) is 5.13 Å². The molecule has 1 aromatic heterocycles. The fourth-order valence-electron chi connectivity index (χ4n) is 5.73. The molecule has 4 heterocycles. The largest absolute Gasteiger partial charge is 0.347 e. The molecule has 5 rings (SSSR count). The first kappa shape index (κ1) is 21.6. The first-order chi connectivity index (χ1) is 15.5. The number of rotatable bonds is 3. The van der Waals surface area contributed by atoms with Crippen LogP contribution in [0.3, 0.4) is 0 Å². The fourth-order valence-corrected chi connectivity index (χ4v) is 6.53. The molecule has 0 radical (unpaired) electrons. The number of fused-ring (bicyclic) bond motifs is 2. The van der Waals surface area contributed by atoms with Crippen LogP contribution in [-0.2, 0) is 11.8 Å². The molecule has 0 unspecified atom stereocenters. The van der Waals surface area contributed by atoms with Crippen LogP contribution in [0.5, 0.6) is 0 Å². The minimum absolute atomic E-state index is 0.0898. The number of carbonyl (C=O) groups is 1. The van der Waals surface area contributed by atoms with Crippen LogP contribution < -0.4 is 9.80 Å². The molecule has 0 aliphatic carbocycles. The van der Waals surface area contributed by atoms with E-state index in [9.17, 15) is 4.79 Å². The van der Waals surface area contributed by atoms with Crippen molar-refractivity contribution in [2.45, 2.75) is 50.5 Å². The summed E-state index contributed by atoms with van der Waals surface area (Å²) >= 11 is 1.54. The van der Waals surface area contributed by atoms with E-state index in [1.807, 2.05) is 19.0 Å². The summed E-state index contributed by atoms with van der Waals surface area (Å²) in [6.07, 6.45) is 5.53. The Bertz CT molecular complexity index is 959. The average Bonchev–Trinajstić information content (AvgIpc) is 3.43. The summed E-state index contributed by atoms with van der Waals surface area (Å²) in [5.74, 6) is 0.965. The lowest BCUT2D eigenvalue weighted by molar-refractivity contribution is 0.104. The van der Waals surface area contributed by atoms with E-state index in [1.54, 1.807) is 16.4 Å². The van der Waals surface area contributed by atoms with Crippen molar-refractivity contribution in [3.63, 3.8) is 0 Å². The minimum atomic E-state index is 0.0898. The second-order valence-electron chi connectivity index (χ2n) is 9.66. The Morgan fingerprint density at radius 1 is 1.16 bits per heavy atom. The Morgan fingerprint density at radius 3 is 2.53 bits per heavy atom. The van der Waals surface area contributed by atoms with E-state index < -0.39 is 0 Å². The molecule has 3 aliphatic rings. The van der Waals surface area contributed by atoms with Gasteiger partial charge in [0, 0.05) is 68.8 Å². The molecular formula is C24H34N6OS. The van der Waals surface area contributed by atoms with Crippen LogP contribution in [0.4, 0.5) is 15.6 Å². The highest BCUT2D eigenvalue weighted by molar-refractivity contribution is 7.09. The van der Waals surface area contributed by atoms with Gasteiger partial charge in [-0.05, 0) is 50.4 Å². The van der Waals surface area contributed by atoms with Crippen LogP contribution >= 0.6 is 11.5 Å². The number of amides is 2. The SMILES string of the molecule is CCc1nsc(N2CCC(N3CCC4(CC3)CN(C(=O)N(C)C)c3ccccc34)CC2)n1. The van der Waals surface area contributed by atoms with Gasteiger partial charge >= 0.3 is 6.03 Å². The third kappa shape index (κ3) is 3.77. The Labute approximate surface area is 195 Å². The van der Waals surface area contributed by atoms with Crippen LogP contribution in [0.1, 0.15) is 44.0 Å². The predicted molar refractivity (Wildman–Crippen MR) is 130 cm³/mol. The summed E-state index contributed by atoms with van der Waals surface area (Å²) in [4.78, 5) is 26.3. The Morgan fingerprint density at radius 2 is 1.88 bits per heavy atom. The van der Waals surface area contributed by atoms with E-state index in [2.05, 4.69) is 50.3 Å². The lowest BCUT2D eigenvalue weighted by atomic mass is 9.74. The molecule has 8 heteroatoms. The molecule has 0 bridgehead atoms. The molecular weight excluding hydrogens is 420 g/mol. The summed E-state index contributed by atoms with van der Waals surface area (Å²) in [6.45, 7) is 7.28. The van der Waals surface area contributed by atoms with Crippen molar-refractivity contribution in [2.24, 2.45) is 0 Å². The maximum atomic E-state index is 12.8. The molecule has 172 valence electrons. The number of para-hydroxylation sites is 1. The van der Waals surface area contributed by atoms with Crippen molar-refractivity contribution in [3.8, 4) is 0 Å². The molecule has 3 aliphatic heterocycles. The van der Waals surface area contributed by atoms with Crippen molar-refractivity contribution >= 4 is 28.4 Å². The third-order valence-electron chi connectivity index (χ3n) is 7.62. The van der Waals surface area contributed by atoms with Gasteiger partial charge < -0.3 is 14.7 Å². The van der Waals surface area contributed by atoms with E-state index in [1.165, 1.54) is 18.4 Å². The topological polar surface area (TPSA) is 55.8 Å². The summed E-state index contributed by atoms with van der Waals surface area (Å²) in [5, 5.41) is 1.09. The third-order valence-corrected chi connectivity index (χ3v) is 8.44. The maximum Gasteiger partial charge on any atom is 0.323 e. The van der Waals surface area contributed by atoms with Crippen molar-refractivity contribution in [2.75, 3.05) is 56.6 Å². The lowest BCUT2D eigenvalue weighted by Crippen LogP contribution is -2.52. The molecule has 0 N–H and O–H groups in total. The van der Waals surface area contributed by atoms with Gasteiger partial charge in [0.15, 0.2) is 0 Å². The van der Waals surface area contributed by atoms with Crippen molar-refractivity contribution in [1.82, 2.24) is 19.2 Å². The maximum absolute atomic E-state index is 12.8. The zero-order valence-electron chi connectivity index (χ0n) is 19.5. The van der Waals surface area contributed by atoms with Gasteiger partial charge in [-0.1, -0.05) is 25.1 Å². The van der Waals surface area contributed by atoms with Gasteiger partial charge in [0.25, 0.3) is 0 Å². The first-order valence-corrected chi connectivity index (χ1v) is 12.7. The first-order valence-electron chi connectivity index (χ1n) is 11.9. The average molecular weight is 455 g/mol. The number of likely N-dealkylation sites (tertiary alicyclic amines) is 1. The smallest absolute Gasteiger partial charge is 0.323 e. The second-order valence-corrected chi connectivity index (χ2v) is 10.4. The minimum Gasteiger partial charge on any atom is -0.347 e. The van der Waals surface area contributed by atoms with Crippen LogP contribution in [0.2, 0.25) is 0 Å². The number of hydrogen-bond donors (Lipinski definition) is 0. The summed E-state index contributed by atoms with van der Waals surface area (Å²) in [7, 11) is 3.69. The van der Waals surface area contributed by atoms with Gasteiger partial charge in [-0.2, -0.15) is 4.37 Å². The van der Waals surface area contributed by atoms with Crippen molar-refractivity contribution < 1.29 is 4.79 Å². The molecule has 2 amide bonds. The zero-order valence-corrected chi connectivity index (χ0v) is 20.3. The van der Waals surface area contributed by atoms with E-state index in [0.717, 1.165) is 68.6 Å². The highest BCUT2D eigenvalue weighted by Gasteiger charge is 2.47. The van der Waals surface area contributed by atoms with Gasteiger partial charge in [0.1, 0.15) is 5.82 Å². The Kier molecular flexibility index (Phi) is 5.84. The van der Waals surface area contributed by atoms with Crippen LogP contribution in [0.15, 0.2) is 24.3 Å². The number of carbonyl (C=O) groups excluding carboxylic acids is 1. The quantitative estimate of drug-likeness (QED) is 0.709. The predicted octanol–water partition coefficient (Wildman–Crippen LogP) is 3.60. The molecule has 2 aromatic rings. The number of piperidine rings is 2. The Hall–Kier alpha value is -2.19. The van der Waals surface area contributed by atoms with Crippen LogP contribution in [0, 0.1) is 0 Å². The van der Waals surface area contributed by atoms with Gasteiger partial charge in [0.05, 0.1) is 0 Å². The molecule has 32 heavy (non-hydrogen) atoms. The van der Waals surface area contributed by atoms with E-state index in [4.69, 9.17) is 0 Å². The number of benzene rings is 1. The standard InChI is InChI=1S/C24H34N6OS/c1-4-21-25-22(32-26-21)29-13-9-18(10-14-29)28-15-11-24(12-16-28)17-30(23(31)27(2)3)20-8-6-5-7-19(20)24/h5-8,18H,4,9-17H2,1-3H3. The monoisotopic (exact) mass is 454 g/mol. The van der Waals surface area contributed by atoms with E-state index in [-0.39, 0.29) is 11.4 Å². The van der Waals surface area contributed by atoms with Gasteiger partial charge in [-0.3, -0.25) is 4.90 Å². The molecule has 0 saturated carbocycles. The summed E-state index contributed by atoms with van der Waals surface area (Å²) in [5.41, 5.74) is 2.58. The number of hydrogen-bond acceptors (Lipinski definition) is 6. The zero-order chi connectivity index (χ0) is 22.3. The lowest BCUT2D eigenvalue weighted by Gasteiger charge is -2.45. The number of nitrogens with zero attached hydrogens (tertiary/aromatic N) is 6. The molecule has 2 fully saturated rings. The number of aryl methyl sites for hydroxylation is 1. The van der Waals surface area contributed by atoms with Crippen LogP contribution in [0.25, 0.3) is 0 Å². The van der Waals surface area contributed by atoms with Gasteiger partial charge in [-0.15, -0.1) is 0 Å². The molecule has 1 spiro atoms. The second kappa shape index (κ2) is 8.63. The molecule has 2 saturated heterocycles. The van der Waals surface area contributed by atoms with E-state index in [0.29, 0.717) is 6.04 Å². The fraction of sp³-hybridized carbons (Fsp3) is 0.625. The van der Waals surface area contributed by atoms with Crippen molar-refractivity contribution in [1.29, 1.82) is 0 Å².